The van der Waals surface area contributed by atoms with Crippen LogP contribution in [0.1, 0.15) is 18.7 Å². The molecule has 2 aromatic heterocycles. The summed E-state index contributed by atoms with van der Waals surface area (Å²) in [6, 6.07) is 12.7. The van der Waals surface area contributed by atoms with Crippen LogP contribution in [0.25, 0.3) is 5.69 Å². The van der Waals surface area contributed by atoms with Crippen LogP contribution < -0.4 is 10.9 Å². The van der Waals surface area contributed by atoms with E-state index in [2.05, 4.69) is 10.4 Å². The van der Waals surface area contributed by atoms with Gasteiger partial charge in [-0.05, 0) is 31.2 Å². The largest absolute Gasteiger partial charge is 0.467 e. The van der Waals surface area contributed by atoms with Crippen molar-refractivity contribution in [3.05, 3.63) is 76.1 Å². The predicted octanol–water partition coefficient (Wildman–Crippen LogP) is 3.65. The van der Waals surface area contributed by atoms with Crippen molar-refractivity contribution in [3.8, 4) is 5.69 Å². The lowest BCUT2D eigenvalue weighted by Gasteiger charge is -2.14. The third-order valence-electron chi connectivity index (χ3n) is 3.26. The third-order valence-corrected chi connectivity index (χ3v) is 3.63. The van der Waals surface area contributed by atoms with Crippen LogP contribution in [0.15, 0.2) is 64.1 Å². The Hall–Kier alpha value is -2.53. The van der Waals surface area contributed by atoms with Crippen LogP contribution >= 0.6 is 11.6 Å². The molecule has 0 radical (unpaired) electrons. The minimum Gasteiger partial charge on any atom is -0.467 e. The number of anilines is 1. The average molecular weight is 316 g/mol. The first-order valence-corrected chi connectivity index (χ1v) is 7.18. The number of benzene rings is 1. The zero-order valence-corrected chi connectivity index (χ0v) is 12.6. The van der Waals surface area contributed by atoms with Crippen LogP contribution in [0.5, 0.6) is 0 Å². The van der Waals surface area contributed by atoms with Crippen LogP contribution in [0, 0.1) is 0 Å². The van der Waals surface area contributed by atoms with Gasteiger partial charge in [0.25, 0.3) is 5.56 Å². The molecule has 5 nitrogen and oxygen atoms in total. The summed E-state index contributed by atoms with van der Waals surface area (Å²) >= 11 is 6.19. The minimum absolute atomic E-state index is 0.0947. The Morgan fingerprint density at radius 2 is 2.00 bits per heavy atom. The number of nitrogens with one attached hydrogen (secondary N) is 1. The van der Waals surface area contributed by atoms with Crippen LogP contribution in [0.4, 0.5) is 5.69 Å². The summed E-state index contributed by atoms with van der Waals surface area (Å²) in [5.41, 5.74) is 0.771. The summed E-state index contributed by atoms with van der Waals surface area (Å²) in [7, 11) is 0. The van der Waals surface area contributed by atoms with Crippen molar-refractivity contribution < 1.29 is 4.42 Å². The molecule has 112 valence electrons. The second-order valence-electron chi connectivity index (χ2n) is 4.81. The highest BCUT2D eigenvalue weighted by Crippen LogP contribution is 2.23. The van der Waals surface area contributed by atoms with Crippen LogP contribution in [0.3, 0.4) is 0 Å². The van der Waals surface area contributed by atoms with Crippen LogP contribution in [0.2, 0.25) is 5.02 Å². The number of hydrogen-bond acceptors (Lipinski definition) is 4. The molecule has 3 rings (SSSR count). The smallest absolute Gasteiger partial charge is 0.292 e. The lowest BCUT2D eigenvalue weighted by molar-refractivity contribution is 0.490. The highest BCUT2D eigenvalue weighted by atomic mass is 35.5. The topological polar surface area (TPSA) is 60.1 Å². The van der Waals surface area contributed by atoms with Gasteiger partial charge in [0.05, 0.1) is 29.9 Å². The van der Waals surface area contributed by atoms with Gasteiger partial charge in [-0.3, -0.25) is 4.79 Å². The van der Waals surface area contributed by atoms with Gasteiger partial charge in [0.1, 0.15) is 10.8 Å². The van der Waals surface area contributed by atoms with Crippen molar-refractivity contribution in [1.82, 2.24) is 9.78 Å². The fraction of sp³-hybridized carbons (Fsp3) is 0.125. The summed E-state index contributed by atoms with van der Waals surface area (Å²) in [4.78, 5) is 12.4. The van der Waals surface area contributed by atoms with Gasteiger partial charge in [0.15, 0.2) is 0 Å². The first kappa shape index (κ1) is 14.4. The van der Waals surface area contributed by atoms with Gasteiger partial charge in [0, 0.05) is 0 Å². The average Bonchev–Trinajstić information content (AvgIpc) is 3.07. The number of aromatic nitrogens is 2. The standard InChI is InChI=1S/C16H14ClN3O2/c1-11(14-8-5-9-22-14)19-13-10-18-20(16(21)15(13)17)12-6-3-2-4-7-12/h2-11,19H,1H3/t11-/m0/s1. The second-order valence-corrected chi connectivity index (χ2v) is 5.18. The molecule has 1 aromatic carbocycles. The van der Waals surface area contributed by atoms with Crippen molar-refractivity contribution in [3.63, 3.8) is 0 Å². The molecule has 0 spiro atoms. The van der Waals surface area contributed by atoms with E-state index in [1.54, 1.807) is 24.5 Å². The summed E-state index contributed by atoms with van der Waals surface area (Å²) in [5, 5.41) is 7.40. The number of halogens is 1. The zero-order valence-electron chi connectivity index (χ0n) is 11.9. The zero-order chi connectivity index (χ0) is 15.5. The van der Waals surface area contributed by atoms with E-state index in [0.717, 1.165) is 5.76 Å². The van der Waals surface area contributed by atoms with Gasteiger partial charge in [0.2, 0.25) is 0 Å². The summed E-state index contributed by atoms with van der Waals surface area (Å²) in [6.45, 7) is 1.91. The molecule has 0 unspecified atom stereocenters. The molecule has 0 aliphatic rings. The Balaban J connectivity index is 1.92. The Bertz CT molecular complexity index is 813. The molecule has 0 bridgehead atoms. The Kier molecular flexibility index (Phi) is 3.98. The molecule has 22 heavy (non-hydrogen) atoms. The van der Waals surface area contributed by atoms with Gasteiger partial charge in [-0.2, -0.15) is 9.78 Å². The molecular weight excluding hydrogens is 302 g/mol. The van der Waals surface area contributed by atoms with Crippen molar-refractivity contribution >= 4 is 17.3 Å². The lowest BCUT2D eigenvalue weighted by Crippen LogP contribution is -2.23. The van der Waals surface area contributed by atoms with E-state index in [1.165, 1.54) is 10.9 Å². The molecule has 3 aromatic rings. The van der Waals surface area contributed by atoms with E-state index in [4.69, 9.17) is 16.0 Å². The first-order valence-electron chi connectivity index (χ1n) is 6.80. The number of hydrogen-bond donors (Lipinski definition) is 1. The fourth-order valence-corrected chi connectivity index (χ4v) is 2.31. The maximum Gasteiger partial charge on any atom is 0.292 e. The van der Waals surface area contributed by atoms with Crippen LogP contribution in [-0.4, -0.2) is 9.78 Å². The Morgan fingerprint density at radius 3 is 2.68 bits per heavy atom. The first-order chi connectivity index (χ1) is 10.7. The number of rotatable bonds is 4. The molecule has 0 fully saturated rings. The monoisotopic (exact) mass is 315 g/mol. The van der Waals surface area contributed by atoms with Crippen molar-refractivity contribution in [2.45, 2.75) is 13.0 Å². The SMILES string of the molecule is C[C@H](Nc1cnn(-c2ccccc2)c(=O)c1Cl)c1ccco1. The maximum atomic E-state index is 12.4. The quantitative estimate of drug-likeness (QED) is 0.798. The van der Waals surface area contributed by atoms with E-state index < -0.39 is 0 Å². The number of para-hydroxylation sites is 1. The fourth-order valence-electron chi connectivity index (χ4n) is 2.13. The van der Waals surface area contributed by atoms with Crippen molar-refractivity contribution in [1.29, 1.82) is 0 Å². The van der Waals surface area contributed by atoms with E-state index >= 15 is 0 Å². The Morgan fingerprint density at radius 1 is 1.23 bits per heavy atom. The molecule has 1 N–H and O–H groups in total. The molecule has 6 heteroatoms. The van der Waals surface area contributed by atoms with Gasteiger partial charge in [-0.25, -0.2) is 0 Å². The maximum absolute atomic E-state index is 12.4. The predicted molar refractivity (Wildman–Crippen MR) is 85.6 cm³/mol. The molecule has 1 atom stereocenters. The van der Waals surface area contributed by atoms with E-state index in [-0.39, 0.29) is 16.6 Å². The second kappa shape index (κ2) is 6.07. The van der Waals surface area contributed by atoms with Crippen molar-refractivity contribution in [2.24, 2.45) is 0 Å². The molecular formula is C16H14ClN3O2. The molecule has 0 aliphatic carbocycles. The third kappa shape index (κ3) is 2.76. The summed E-state index contributed by atoms with van der Waals surface area (Å²) in [5.74, 6) is 0.753. The number of furan rings is 1. The Labute approximate surface area is 132 Å². The normalized spacial score (nSPS) is 12.1. The van der Waals surface area contributed by atoms with Gasteiger partial charge in [-0.15, -0.1) is 0 Å². The highest BCUT2D eigenvalue weighted by molar-refractivity contribution is 6.32. The molecule has 0 amide bonds. The van der Waals surface area contributed by atoms with Crippen LogP contribution in [-0.2, 0) is 0 Å². The number of nitrogens with zero attached hydrogens (tertiary/aromatic N) is 2. The minimum atomic E-state index is -0.371. The van der Waals surface area contributed by atoms with Gasteiger partial charge in [-0.1, -0.05) is 29.8 Å². The summed E-state index contributed by atoms with van der Waals surface area (Å²) in [6.07, 6.45) is 3.14. The van der Waals surface area contributed by atoms with Crippen molar-refractivity contribution in [2.75, 3.05) is 5.32 Å². The molecule has 0 saturated carbocycles. The molecule has 0 aliphatic heterocycles. The van der Waals surface area contributed by atoms with E-state index in [0.29, 0.717) is 11.4 Å². The van der Waals surface area contributed by atoms with Gasteiger partial charge >= 0.3 is 0 Å². The lowest BCUT2D eigenvalue weighted by atomic mass is 10.2. The van der Waals surface area contributed by atoms with E-state index in [1.807, 2.05) is 31.2 Å². The van der Waals surface area contributed by atoms with Gasteiger partial charge < -0.3 is 9.73 Å². The molecule has 0 saturated heterocycles. The summed E-state index contributed by atoms with van der Waals surface area (Å²) < 4.78 is 6.59. The van der Waals surface area contributed by atoms with E-state index in [9.17, 15) is 4.79 Å². The molecule has 2 heterocycles. The highest BCUT2D eigenvalue weighted by Gasteiger charge is 2.14.